The van der Waals surface area contributed by atoms with Gasteiger partial charge in [-0.2, -0.15) is 0 Å². The van der Waals surface area contributed by atoms with Crippen LogP contribution in [0.25, 0.3) is 10.9 Å². The van der Waals surface area contributed by atoms with Gasteiger partial charge in [0, 0.05) is 6.54 Å². The van der Waals surface area contributed by atoms with Gasteiger partial charge in [-0.1, -0.05) is 42.5 Å². The Morgan fingerprint density at radius 3 is 2.64 bits per heavy atom. The first-order chi connectivity index (χ1) is 13.5. The molecule has 1 heterocycles. The van der Waals surface area contributed by atoms with Crippen LogP contribution < -0.4 is 10.9 Å². The van der Waals surface area contributed by atoms with Crippen molar-refractivity contribution in [3.63, 3.8) is 0 Å². The number of hydrogen-bond acceptors (Lipinski definition) is 5. The lowest BCUT2D eigenvalue weighted by molar-refractivity contribution is -0.155. The smallest absolute Gasteiger partial charge is 0.326 e. The summed E-state index contributed by atoms with van der Waals surface area (Å²) in [6.45, 7) is 3.38. The molecule has 144 valence electrons. The summed E-state index contributed by atoms with van der Waals surface area (Å²) in [5.41, 5.74) is 2.10. The lowest BCUT2D eigenvalue weighted by Gasteiger charge is -2.14. The maximum Gasteiger partial charge on any atom is 0.326 e. The highest BCUT2D eigenvalue weighted by Gasteiger charge is 2.18. The average molecular weight is 379 g/mol. The number of rotatable bonds is 6. The van der Waals surface area contributed by atoms with Crippen molar-refractivity contribution in [2.24, 2.45) is 0 Å². The van der Waals surface area contributed by atoms with Gasteiger partial charge < -0.3 is 10.1 Å². The Labute approximate surface area is 162 Å². The summed E-state index contributed by atoms with van der Waals surface area (Å²) >= 11 is 0. The zero-order valence-electron chi connectivity index (χ0n) is 15.7. The van der Waals surface area contributed by atoms with E-state index < -0.39 is 18.0 Å². The Kier molecular flexibility index (Phi) is 5.84. The predicted octanol–water partition coefficient (Wildman–Crippen LogP) is 1.95. The van der Waals surface area contributed by atoms with E-state index in [4.69, 9.17) is 4.74 Å². The minimum absolute atomic E-state index is 0.313. The molecule has 1 N–H and O–H groups in total. The van der Waals surface area contributed by atoms with E-state index in [0.29, 0.717) is 17.4 Å². The van der Waals surface area contributed by atoms with E-state index in [1.54, 1.807) is 12.1 Å². The summed E-state index contributed by atoms with van der Waals surface area (Å²) in [5, 5.41) is 3.15. The van der Waals surface area contributed by atoms with Crippen molar-refractivity contribution in [3.8, 4) is 0 Å². The van der Waals surface area contributed by atoms with E-state index in [1.807, 2.05) is 43.3 Å². The lowest BCUT2D eigenvalue weighted by Crippen LogP contribution is -2.37. The van der Waals surface area contributed by atoms with Crippen LogP contribution in [0.15, 0.2) is 59.7 Å². The third-order valence-electron chi connectivity index (χ3n) is 4.34. The molecular formula is C21H21N3O4. The summed E-state index contributed by atoms with van der Waals surface area (Å²) in [7, 11) is 0. The predicted molar refractivity (Wildman–Crippen MR) is 105 cm³/mol. The highest BCUT2D eigenvalue weighted by Crippen LogP contribution is 2.11. The van der Waals surface area contributed by atoms with Crippen LogP contribution in [-0.4, -0.2) is 27.5 Å². The number of carbonyl (C=O) groups is 2. The molecule has 1 atom stereocenters. The second kappa shape index (κ2) is 8.47. The molecule has 1 amide bonds. The summed E-state index contributed by atoms with van der Waals surface area (Å²) in [4.78, 5) is 41.1. The fourth-order valence-corrected chi connectivity index (χ4v) is 2.81. The molecule has 0 aliphatic carbocycles. The zero-order valence-corrected chi connectivity index (χ0v) is 15.7. The van der Waals surface area contributed by atoms with E-state index in [9.17, 15) is 14.4 Å². The number of hydrogen-bond donors (Lipinski definition) is 1. The molecule has 0 bridgehead atoms. The lowest BCUT2D eigenvalue weighted by atomic mass is 10.1. The van der Waals surface area contributed by atoms with Gasteiger partial charge in [0.05, 0.1) is 17.2 Å². The molecule has 28 heavy (non-hydrogen) atoms. The second-order valence-corrected chi connectivity index (χ2v) is 6.48. The van der Waals surface area contributed by atoms with Gasteiger partial charge in [-0.25, -0.2) is 4.98 Å². The molecule has 0 unspecified atom stereocenters. The van der Waals surface area contributed by atoms with E-state index in [0.717, 1.165) is 11.1 Å². The highest BCUT2D eigenvalue weighted by molar-refractivity contribution is 5.83. The van der Waals surface area contributed by atoms with Crippen molar-refractivity contribution in [1.29, 1.82) is 0 Å². The van der Waals surface area contributed by atoms with Crippen molar-refractivity contribution in [2.45, 2.75) is 33.0 Å². The molecule has 1 aromatic heterocycles. The number of ether oxygens (including phenoxy) is 1. The van der Waals surface area contributed by atoms with Crippen LogP contribution >= 0.6 is 0 Å². The number of fused-ring (bicyclic) bond motifs is 1. The number of esters is 1. The molecule has 7 heteroatoms. The van der Waals surface area contributed by atoms with Gasteiger partial charge in [-0.15, -0.1) is 0 Å². The number of nitrogens with one attached hydrogen (secondary N) is 1. The SMILES string of the molecule is Cc1cccc2c(=O)n(CC(=O)O[C@@H](C)C(=O)NCc3ccccc3)cnc12. The molecule has 0 aliphatic heterocycles. The Morgan fingerprint density at radius 1 is 1.14 bits per heavy atom. The van der Waals surface area contributed by atoms with Gasteiger partial charge in [0.25, 0.3) is 11.5 Å². The number of amides is 1. The molecule has 0 saturated heterocycles. The quantitative estimate of drug-likeness (QED) is 0.661. The van der Waals surface area contributed by atoms with Gasteiger partial charge >= 0.3 is 5.97 Å². The molecule has 0 saturated carbocycles. The van der Waals surface area contributed by atoms with Crippen molar-refractivity contribution in [1.82, 2.24) is 14.9 Å². The monoisotopic (exact) mass is 379 g/mol. The Balaban J connectivity index is 1.60. The normalized spacial score (nSPS) is 11.8. The first kappa shape index (κ1) is 19.3. The largest absolute Gasteiger partial charge is 0.451 e. The van der Waals surface area contributed by atoms with Gasteiger partial charge in [0.2, 0.25) is 0 Å². The standard InChI is InChI=1S/C21H21N3O4/c1-14-7-6-10-17-19(14)23-13-24(21(17)27)12-18(25)28-15(2)20(26)22-11-16-8-4-3-5-9-16/h3-10,13,15H,11-12H2,1-2H3,(H,22,26)/t15-/m0/s1. The van der Waals surface area contributed by atoms with Crippen LogP contribution in [0.3, 0.4) is 0 Å². The highest BCUT2D eigenvalue weighted by atomic mass is 16.5. The van der Waals surface area contributed by atoms with Crippen LogP contribution in [0.4, 0.5) is 0 Å². The summed E-state index contributed by atoms with van der Waals surface area (Å²) in [6.07, 6.45) is 0.349. The number of nitrogens with zero attached hydrogens (tertiary/aromatic N) is 2. The second-order valence-electron chi connectivity index (χ2n) is 6.48. The Morgan fingerprint density at radius 2 is 1.89 bits per heavy atom. The van der Waals surface area contributed by atoms with E-state index in [1.165, 1.54) is 17.8 Å². The van der Waals surface area contributed by atoms with Gasteiger partial charge in [-0.3, -0.25) is 19.0 Å². The number of carbonyl (C=O) groups excluding carboxylic acids is 2. The molecule has 0 spiro atoms. The molecular weight excluding hydrogens is 358 g/mol. The number of benzene rings is 2. The summed E-state index contributed by atoms with van der Waals surface area (Å²) < 4.78 is 6.34. The molecule has 2 aromatic carbocycles. The summed E-state index contributed by atoms with van der Waals surface area (Å²) in [6, 6.07) is 14.7. The van der Waals surface area contributed by atoms with Crippen LogP contribution in [-0.2, 0) is 27.4 Å². The maximum atomic E-state index is 12.5. The fraction of sp³-hybridized carbons (Fsp3) is 0.238. The third kappa shape index (κ3) is 4.43. The fourth-order valence-electron chi connectivity index (χ4n) is 2.81. The van der Waals surface area contributed by atoms with E-state index in [2.05, 4.69) is 10.3 Å². The van der Waals surface area contributed by atoms with Crippen molar-refractivity contribution in [2.75, 3.05) is 0 Å². The van der Waals surface area contributed by atoms with E-state index >= 15 is 0 Å². The molecule has 3 aromatic rings. The van der Waals surface area contributed by atoms with Crippen LogP contribution in [0.5, 0.6) is 0 Å². The topological polar surface area (TPSA) is 90.3 Å². The molecule has 7 nitrogen and oxygen atoms in total. The first-order valence-electron chi connectivity index (χ1n) is 8.91. The Hall–Kier alpha value is -3.48. The first-order valence-corrected chi connectivity index (χ1v) is 8.91. The Bertz CT molecular complexity index is 1060. The number of aromatic nitrogens is 2. The minimum Gasteiger partial charge on any atom is -0.451 e. The van der Waals surface area contributed by atoms with Crippen LogP contribution in [0, 0.1) is 6.92 Å². The molecule has 3 rings (SSSR count). The molecule has 0 aliphatic rings. The van der Waals surface area contributed by atoms with Gasteiger partial charge in [0.15, 0.2) is 6.10 Å². The average Bonchev–Trinajstić information content (AvgIpc) is 2.69. The summed E-state index contributed by atoms with van der Waals surface area (Å²) in [5.74, 6) is -1.09. The number of para-hydroxylation sites is 1. The molecule has 0 radical (unpaired) electrons. The van der Waals surface area contributed by atoms with E-state index in [-0.39, 0.29) is 12.1 Å². The molecule has 0 fully saturated rings. The van der Waals surface area contributed by atoms with Crippen LogP contribution in [0.1, 0.15) is 18.1 Å². The minimum atomic E-state index is -0.970. The van der Waals surface area contributed by atoms with Gasteiger partial charge in [-0.05, 0) is 31.0 Å². The zero-order chi connectivity index (χ0) is 20.1. The number of aryl methyl sites for hydroxylation is 1. The van der Waals surface area contributed by atoms with Crippen molar-refractivity contribution >= 4 is 22.8 Å². The van der Waals surface area contributed by atoms with Gasteiger partial charge in [0.1, 0.15) is 6.54 Å². The van der Waals surface area contributed by atoms with Crippen LogP contribution in [0.2, 0.25) is 0 Å². The third-order valence-corrected chi connectivity index (χ3v) is 4.34. The maximum absolute atomic E-state index is 12.5. The van der Waals surface area contributed by atoms with Crippen molar-refractivity contribution < 1.29 is 14.3 Å². The van der Waals surface area contributed by atoms with Crippen molar-refractivity contribution in [3.05, 3.63) is 76.3 Å².